The van der Waals surface area contributed by atoms with Crippen LogP contribution in [-0.4, -0.2) is 34.6 Å². The summed E-state index contributed by atoms with van der Waals surface area (Å²) in [6.45, 7) is 6.08. The number of benzene rings is 1. The zero-order chi connectivity index (χ0) is 16.0. The molecule has 6 heteroatoms. The Morgan fingerprint density at radius 1 is 1.38 bits per heavy atom. The second-order valence-corrected chi connectivity index (χ2v) is 5.61. The number of nitrogens with one attached hydrogen (secondary N) is 1. The fourth-order valence-corrected chi connectivity index (χ4v) is 2.19. The molecule has 21 heavy (non-hydrogen) atoms. The van der Waals surface area contributed by atoms with Crippen LogP contribution in [0, 0.1) is 6.92 Å². The predicted octanol–water partition coefficient (Wildman–Crippen LogP) is 3.76. The second kappa shape index (κ2) is 7.88. The molecule has 0 aliphatic carbocycles. The molecule has 0 radical (unpaired) electrons. The van der Waals surface area contributed by atoms with E-state index in [9.17, 15) is 9.59 Å². The highest BCUT2D eigenvalue weighted by atomic mass is 35.5. The number of urea groups is 1. The van der Waals surface area contributed by atoms with Gasteiger partial charge in [-0.05, 0) is 44.9 Å². The Balaban J connectivity index is 2.70. The molecule has 0 aromatic heterocycles. The standard InChI is InChI=1S/C15H21ClN2O3/c1-10(2)18(8-4-5-14(19)20)15(21)17-13-7-6-11(3)9-12(13)16/h6-7,9-10H,4-5,8H2,1-3H3,(H,17,21)(H,19,20). The summed E-state index contributed by atoms with van der Waals surface area (Å²) in [5.41, 5.74) is 1.57. The molecule has 1 rings (SSSR count). The minimum Gasteiger partial charge on any atom is -0.481 e. The summed E-state index contributed by atoms with van der Waals surface area (Å²) >= 11 is 6.09. The zero-order valence-corrected chi connectivity index (χ0v) is 13.3. The number of carboxylic acids is 1. The fourth-order valence-electron chi connectivity index (χ4n) is 1.90. The van der Waals surface area contributed by atoms with Gasteiger partial charge in [-0.1, -0.05) is 17.7 Å². The number of carbonyl (C=O) groups is 2. The summed E-state index contributed by atoms with van der Waals surface area (Å²) in [6.07, 6.45) is 0.463. The number of carbonyl (C=O) groups excluding carboxylic acids is 1. The first kappa shape index (κ1) is 17.3. The van der Waals surface area contributed by atoms with E-state index in [0.29, 0.717) is 23.7 Å². The van der Waals surface area contributed by atoms with Gasteiger partial charge in [0.05, 0.1) is 10.7 Å². The number of aliphatic carboxylic acids is 1. The third-order valence-corrected chi connectivity index (χ3v) is 3.35. The van der Waals surface area contributed by atoms with Crippen LogP contribution in [0.15, 0.2) is 18.2 Å². The Labute approximate surface area is 129 Å². The molecule has 0 spiro atoms. The highest BCUT2D eigenvalue weighted by Crippen LogP contribution is 2.23. The molecule has 0 saturated carbocycles. The molecular weight excluding hydrogens is 292 g/mol. The summed E-state index contributed by atoms with van der Waals surface area (Å²) in [7, 11) is 0. The lowest BCUT2D eigenvalue weighted by Crippen LogP contribution is -2.40. The topological polar surface area (TPSA) is 69.6 Å². The number of hydrogen-bond donors (Lipinski definition) is 2. The van der Waals surface area contributed by atoms with Crippen molar-refractivity contribution in [3.05, 3.63) is 28.8 Å². The third kappa shape index (κ3) is 5.63. The normalized spacial score (nSPS) is 10.5. The Bertz CT molecular complexity index is 518. The lowest BCUT2D eigenvalue weighted by molar-refractivity contribution is -0.137. The Kier molecular flexibility index (Phi) is 6.49. The quantitative estimate of drug-likeness (QED) is 0.840. The van der Waals surface area contributed by atoms with Crippen molar-refractivity contribution in [2.24, 2.45) is 0 Å². The lowest BCUT2D eigenvalue weighted by Gasteiger charge is -2.27. The van der Waals surface area contributed by atoms with Crippen LogP contribution in [0.2, 0.25) is 5.02 Å². The van der Waals surface area contributed by atoms with Gasteiger partial charge < -0.3 is 15.3 Å². The van der Waals surface area contributed by atoms with Crippen LogP contribution < -0.4 is 5.32 Å². The van der Waals surface area contributed by atoms with Crippen molar-refractivity contribution >= 4 is 29.3 Å². The molecule has 2 amide bonds. The van der Waals surface area contributed by atoms with Crippen LogP contribution in [0.3, 0.4) is 0 Å². The molecular formula is C15H21ClN2O3. The number of carboxylic acid groups (broad SMARTS) is 1. The molecule has 0 fully saturated rings. The number of amides is 2. The number of hydrogen-bond acceptors (Lipinski definition) is 2. The second-order valence-electron chi connectivity index (χ2n) is 5.20. The van der Waals surface area contributed by atoms with Crippen molar-refractivity contribution in [3.8, 4) is 0 Å². The van der Waals surface area contributed by atoms with Gasteiger partial charge in [-0.15, -0.1) is 0 Å². The van der Waals surface area contributed by atoms with Crippen molar-refractivity contribution in [2.75, 3.05) is 11.9 Å². The molecule has 116 valence electrons. The average Bonchev–Trinajstić information content (AvgIpc) is 2.37. The van der Waals surface area contributed by atoms with Gasteiger partial charge in [0.25, 0.3) is 0 Å². The number of anilines is 1. The van der Waals surface area contributed by atoms with Crippen LogP contribution in [-0.2, 0) is 4.79 Å². The summed E-state index contributed by atoms with van der Waals surface area (Å²) in [6, 6.07) is 5.10. The van der Waals surface area contributed by atoms with E-state index in [2.05, 4.69) is 5.32 Å². The summed E-state index contributed by atoms with van der Waals surface area (Å²) in [4.78, 5) is 24.4. The first-order valence-corrected chi connectivity index (χ1v) is 7.24. The van der Waals surface area contributed by atoms with Gasteiger partial charge >= 0.3 is 12.0 Å². The highest BCUT2D eigenvalue weighted by Gasteiger charge is 2.18. The van der Waals surface area contributed by atoms with Crippen LogP contribution >= 0.6 is 11.6 Å². The SMILES string of the molecule is Cc1ccc(NC(=O)N(CCCC(=O)O)C(C)C)c(Cl)c1. The smallest absolute Gasteiger partial charge is 0.322 e. The number of aryl methyl sites for hydroxylation is 1. The minimum atomic E-state index is -0.860. The first-order chi connectivity index (χ1) is 9.81. The number of rotatable bonds is 6. The molecule has 0 saturated heterocycles. The van der Waals surface area contributed by atoms with E-state index in [4.69, 9.17) is 16.7 Å². The summed E-state index contributed by atoms with van der Waals surface area (Å²) in [5, 5.41) is 11.9. The Morgan fingerprint density at radius 2 is 2.05 bits per heavy atom. The van der Waals surface area contributed by atoms with E-state index in [-0.39, 0.29) is 18.5 Å². The minimum absolute atomic E-state index is 0.0250. The molecule has 1 aromatic rings. The summed E-state index contributed by atoms with van der Waals surface area (Å²) < 4.78 is 0. The van der Waals surface area contributed by atoms with E-state index < -0.39 is 5.97 Å². The van der Waals surface area contributed by atoms with Crippen LogP contribution in [0.5, 0.6) is 0 Å². The van der Waals surface area contributed by atoms with Crippen LogP contribution in [0.25, 0.3) is 0 Å². The maximum atomic E-state index is 12.3. The van der Waals surface area contributed by atoms with Crippen molar-refractivity contribution in [1.82, 2.24) is 4.90 Å². The van der Waals surface area contributed by atoms with Gasteiger partial charge in [0.15, 0.2) is 0 Å². The number of halogens is 1. The van der Waals surface area contributed by atoms with Gasteiger partial charge in [0.1, 0.15) is 0 Å². The molecule has 0 atom stereocenters. The highest BCUT2D eigenvalue weighted by molar-refractivity contribution is 6.33. The van der Waals surface area contributed by atoms with E-state index >= 15 is 0 Å². The van der Waals surface area contributed by atoms with Gasteiger partial charge in [-0.25, -0.2) is 4.79 Å². The fraction of sp³-hybridized carbons (Fsp3) is 0.467. The zero-order valence-electron chi connectivity index (χ0n) is 12.5. The van der Waals surface area contributed by atoms with Gasteiger partial charge in [-0.2, -0.15) is 0 Å². The first-order valence-electron chi connectivity index (χ1n) is 6.87. The Morgan fingerprint density at radius 3 is 2.57 bits per heavy atom. The van der Waals surface area contributed by atoms with Crippen molar-refractivity contribution in [3.63, 3.8) is 0 Å². The Hall–Kier alpha value is -1.75. The van der Waals surface area contributed by atoms with Crippen LogP contribution in [0.1, 0.15) is 32.3 Å². The molecule has 1 aromatic carbocycles. The molecule has 0 aliphatic heterocycles. The maximum absolute atomic E-state index is 12.3. The van der Waals surface area contributed by atoms with Crippen molar-refractivity contribution in [2.45, 2.75) is 39.7 Å². The lowest BCUT2D eigenvalue weighted by atomic mass is 10.2. The average molecular weight is 313 g/mol. The molecule has 0 unspecified atom stereocenters. The maximum Gasteiger partial charge on any atom is 0.322 e. The van der Waals surface area contributed by atoms with Crippen molar-refractivity contribution < 1.29 is 14.7 Å². The van der Waals surface area contributed by atoms with E-state index in [1.807, 2.05) is 26.8 Å². The molecule has 2 N–H and O–H groups in total. The van der Waals surface area contributed by atoms with E-state index in [0.717, 1.165) is 5.56 Å². The predicted molar refractivity (Wildman–Crippen MR) is 83.9 cm³/mol. The third-order valence-electron chi connectivity index (χ3n) is 3.04. The van der Waals surface area contributed by atoms with Gasteiger partial charge in [0, 0.05) is 19.0 Å². The monoisotopic (exact) mass is 312 g/mol. The molecule has 0 bridgehead atoms. The van der Waals surface area contributed by atoms with Gasteiger partial charge in [0.2, 0.25) is 0 Å². The van der Waals surface area contributed by atoms with Crippen LogP contribution in [0.4, 0.5) is 10.5 Å². The summed E-state index contributed by atoms with van der Waals surface area (Å²) in [5.74, 6) is -0.860. The molecule has 5 nitrogen and oxygen atoms in total. The van der Waals surface area contributed by atoms with Gasteiger partial charge in [-0.3, -0.25) is 4.79 Å². The molecule has 0 heterocycles. The number of nitrogens with zero attached hydrogens (tertiary/aromatic N) is 1. The van der Waals surface area contributed by atoms with Crippen molar-refractivity contribution in [1.29, 1.82) is 0 Å². The largest absolute Gasteiger partial charge is 0.481 e. The van der Waals surface area contributed by atoms with E-state index in [1.54, 1.807) is 17.0 Å². The molecule has 0 aliphatic rings. The van der Waals surface area contributed by atoms with E-state index in [1.165, 1.54) is 0 Å².